The van der Waals surface area contributed by atoms with Crippen LogP contribution in [0.4, 0.5) is 0 Å². The molecule has 4 fully saturated rings. The zero-order chi connectivity index (χ0) is 16.8. The molecule has 4 saturated carbocycles. The van der Waals surface area contributed by atoms with E-state index in [9.17, 15) is 15.0 Å². The summed E-state index contributed by atoms with van der Waals surface area (Å²) in [6.07, 6.45) is 4.86. The Labute approximate surface area is 139 Å². The highest BCUT2D eigenvalue weighted by molar-refractivity contribution is 5.92. The van der Waals surface area contributed by atoms with Gasteiger partial charge in [0.1, 0.15) is 5.78 Å². The second-order valence-corrected chi connectivity index (χ2v) is 9.98. The molecule has 0 unspecified atom stereocenters. The molecule has 0 aromatic carbocycles. The quantitative estimate of drug-likeness (QED) is 0.721. The summed E-state index contributed by atoms with van der Waals surface area (Å²) in [6.45, 7) is 9.00. The first-order chi connectivity index (χ1) is 10.7. The van der Waals surface area contributed by atoms with Crippen molar-refractivity contribution in [2.24, 2.45) is 39.9 Å². The van der Waals surface area contributed by atoms with E-state index >= 15 is 0 Å². The summed E-state index contributed by atoms with van der Waals surface area (Å²) < 4.78 is 0. The van der Waals surface area contributed by atoms with E-state index in [1.165, 1.54) is 12.8 Å². The van der Waals surface area contributed by atoms with Gasteiger partial charge in [-0.25, -0.2) is 0 Å². The molecule has 0 radical (unpaired) electrons. The molecule has 0 aromatic rings. The Bertz CT molecular complexity index is 541. The van der Waals surface area contributed by atoms with Crippen molar-refractivity contribution in [2.45, 2.75) is 78.4 Å². The lowest BCUT2D eigenvalue weighted by atomic mass is 9.40. The number of aliphatic hydroxyl groups excluding tert-OH is 2. The number of hydrogen-bond donors (Lipinski definition) is 2. The third-order valence-electron chi connectivity index (χ3n) is 8.83. The molecule has 3 heteroatoms. The minimum atomic E-state index is -0.874. The highest BCUT2D eigenvalue weighted by atomic mass is 16.3. The van der Waals surface area contributed by atoms with Gasteiger partial charge in [-0.05, 0) is 60.7 Å². The summed E-state index contributed by atoms with van der Waals surface area (Å²) in [5, 5.41) is 22.2. The number of hydrogen-bond acceptors (Lipinski definition) is 3. The molecule has 3 nitrogen and oxygen atoms in total. The second-order valence-electron chi connectivity index (χ2n) is 9.98. The Morgan fingerprint density at radius 1 is 1.04 bits per heavy atom. The molecule has 8 atom stereocenters. The summed E-state index contributed by atoms with van der Waals surface area (Å²) in [6, 6.07) is 0. The van der Waals surface area contributed by atoms with E-state index in [1.54, 1.807) is 0 Å². The molecule has 0 aromatic heterocycles. The molecule has 0 amide bonds. The van der Waals surface area contributed by atoms with Crippen molar-refractivity contribution >= 4 is 5.78 Å². The summed E-state index contributed by atoms with van der Waals surface area (Å²) in [5.74, 6) is 0.716. The zero-order valence-electron chi connectivity index (χ0n) is 15.0. The van der Waals surface area contributed by atoms with E-state index in [0.29, 0.717) is 12.3 Å². The Morgan fingerprint density at radius 2 is 1.74 bits per heavy atom. The molecule has 0 aliphatic heterocycles. The van der Waals surface area contributed by atoms with Gasteiger partial charge in [0.15, 0.2) is 0 Å². The summed E-state index contributed by atoms with van der Waals surface area (Å²) in [4.78, 5) is 13.2. The van der Waals surface area contributed by atoms with E-state index in [2.05, 4.69) is 20.8 Å². The molecule has 4 rings (SSSR count). The summed E-state index contributed by atoms with van der Waals surface area (Å²) in [5.41, 5.74) is -0.585. The van der Waals surface area contributed by atoms with Gasteiger partial charge >= 0.3 is 0 Å². The van der Waals surface area contributed by atoms with Crippen molar-refractivity contribution in [3.05, 3.63) is 0 Å². The molecule has 23 heavy (non-hydrogen) atoms. The van der Waals surface area contributed by atoms with Crippen LogP contribution in [0.1, 0.15) is 66.2 Å². The van der Waals surface area contributed by atoms with Gasteiger partial charge in [0.05, 0.1) is 17.6 Å². The SMILES string of the molecule is C[C@H]1C(=O)[C@@]23[C@H](O)C[C@H]4C(C)(C)CCC[C@]4(C)[C@@H]2CC[C@@H]1[C@H]3O. The number of rotatable bonds is 0. The van der Waals surface area contributed by atoms with Gasteiger partial charge in [0, 0.05) is 5.92 Å². The molecule has 1 spiro atoms. The van der Waals surface area contributed by atoms with Crippen molar-refractivity contribution in [2.75, 3.05) is 0 Å². The third-order valence-corrected chi connectivity index (χ3v) is 8.83. The second kappa shape index (κ2) is 4.60. The largest absolute Gasteiger partial charge is 0.392 e. The number of ketones is 1. The van der Waals surface area contributed by atoms with Crippen molar-refractivity contribution in [1.82, 2.24) is 0 Å². The van der Waals surface area contributed by atoms with E-state index in [0.717, 1.165) is 19.3 Å². The maximum Gasteiger partial charge on any atom is 0.147 e. The topological polar surface area (TPSA) is 57.5 Å². The van der Waals surface area contributed by atoms with Crippen LogP contribution in [-0.4, -0.2) is 28.2 Å². The van der Waals surface area contributed by atoms with Gasteiger partial charge in [0.2, 0.25) is 0 Å². The number of aliphatic hydroxyl groups is 2. The summed E-state index contributed by atoms with van der Waals surface area (Å²) >= 11 is 0. The van der Waals surface area contributed by atoms with Crippen LogP contribution >= 0.6 is 0 Å². The Kier molecular flexibility index (Phi) is 3.22. The first-order valence-corrected chi connectivity index (χ1v) is 9.58. The fraction of sp³-hybridized carbons (Fsp3) is 0.950. The lowest BCUT2D eigenvalue weighted by molar-refractivity contribution is -0.225. The monoisotopic (exact) mass is 320 g/mol. The van der Waals surface area contributed by atoms with Gasteiger partial charge in [-0.15, -0.1) is 0 Å². The normalized spacial score (nSPS) is 57.7. The van der Waals surface area contributed by atoms with Crippen LogP contribution < -0.4 is 0 Å². The number of fused-ring (bicyclic) bond motifs is 3. The van der Waals surface area contributed by atoms with Crippen LogP contribution in [0.2, 0.25) is 0 Å². The fourth-order valence-electron chi connectivity index (χ4n) is 7.80. The van der Waals surface area contributed by atoms with Crippen molar-refractivity contribution in [1.29, 1.82) is 0 Å². The number of carbonyl (C=O) groups excluding carboxylic acids is 1. The fourth-order valence-corrected chi connectivity index (χ4v) is 7.80. The Hall–Kier alpha value is -0.410. The van der Waals surface area contributed by atoms with E-state index < -0.39 is 17.6 Å². The standard InChI is InChI=1S/C20H32O3/c1-11-12-6-7-13-19(4)9-5-8-18(2,3)14(19)10-15(21)20(13,16(11)22)17(12)23/h11-15,17,21,23H,5-10H2,1-4H3/t11-,12+,13+,14+,15-,17-,19-,20+/m1/s1. The molecular weight excluding hydrogens is 288 g/mol. The molecule has 4 aliphatic carbocycles. The molecule has 0 saturated heterocycles. The highest BCUT2D eigenvalue weighted by Crippen LogP contribution is 2.71. The minimum absolute atomic E-state index is 0.0603. The maximum atomic E-state index is 13.2. The average Bonchev–Trinajstić information content (AvgIpc) is 2.58. The lowest BCUT2D eigenvalue weighted by Gasteiger charge is -2.65. The van der Waals surface area contributed by atoms with Gasteiger partial charge in [-0.2, -0.15) is 0 Å². The van der Waals surface area contributed by atoms with E-state index in [4.69, 9.17) is 0 Å². The number of carbonyl (C=O) groups is 1. The summed E-state index contributed by atoms with van der Waals surface area (Å²) in [7, 11) is 0. The van der Waals surface area contributed by atoms with Crippen LogP contribution in [0.15, 0.2) is 0 Å². The van der Waals surface area contributed by atoms with Crippen molar-refractivity contribution < 1.29 is 15.0 Å². The van der Waals surface area contributed by atoms with Crippen LogP contribution in [-0.2, 0) is 4.79 Å². The van der Waals surface area contributed by atoms with Crippen molar-refractivity contribution in [3.63, 3.8) is 0 Å². The number of Topliss-reactive ketones (excluding diaryl/α,β-unsaturated/α-hetero) is 1. The third kappa shape index (κ3) is 1.66. The molecule has 2 N–H and O–H groups in total. The van der Waals surface area contributed by atoms with Gasteiger partial charge in [0.25, 0.3) is 0 Å². The van der Waals surface area contributed by atoms with Crippen LogP contribution in [0.5, 0.6) is 0 Å². The van der Waals surface area contributed by atoms with Gasteiger partial charge in [-0.3, -0.25) is 4.79 Å². The first-order valence-electron chi connectivity index (χ1n) is 9.58. The molecule has 130 valence electrons. The van der Waals surface area contributed by atoms with E-state index in [-0.39, 0.29) is 34.4 Å². The lowest BCUT2D eigenvalue weighted by Crippen LogP contribution is -2.66. The Balaban J connectivity index is 1.86. The van der Waals surface area contributed by atoms with Gasteiger partial charge < -0.3 is 10.2 Å². The Morgan fingerprint density at radius 3 is 2.43 bits per heavy atom. The van der Waals surface area contributed by atoms with Crippen LogP contribution in [0, 0.1) is 39.9 Å². The molecule has 0 heterocycles. The molecule has 2 bridgehead atoms. The predicted molar refractivity (Wildman–Crippen MR) is 88.7 cm³/mol. The van der Waals surface area contributed by atoms with Crippen molar-refractivity contribution in [3.8, 4) is 0 Å². The smallest absolute Gasteiger partial charge is 0.147 e. The molecule has 4 aliphatic rings. The minimum Gasteiger partial charge on any atom is -0.392 e. The van der Waals surface area contributed by atoms with Crippen LogP contribution in [0.25, 0.3) is 0 Å². The molecular formula is C20H32O3. The van der Waals surface area contributed by atoms with Gasteiger partial charge in [-0.1, -0.05) is 34.1 Å². The van der Waals surface area contributed by atoms with Crippen LogP contribution in [0.3, 0.4) is 0 Å². The average molecular weight is 320 g/mol. The predicted octanol–water partition coefficient (Wildman–Crippen LogP) is 3.18. The zero-order valence-corrected chi connectivity index (χ0v) is 15.0. The first kappa shape index (κ1) is 16.1. The van der Waals surface area contributed by atoms with E-state index in [1.807, 2.05) is 6.92 Å². The highest BCUT2D eigenvalue weighted by Gasteiger charge is 2.74. The maximum absolute atomic E-state index is 13.2.